The van der Waals surface area contributed by atoms with E-state index in [1.165, 1.54) is 0 Å². The van der Waals surface area contributed by atoms with E-state index in [-0.39, 0.29) is 12.6 Å². The fourth-order valence-electron chi connectivity index (χ4n) is 1.57. The predicted octanol–water partition coefficient (Wildman–Crippen LogP) is 0.203. The van der Waals surface area contributed by atoms with Gasteiger partial charge in [0.15, 0.2) is 0 Å². The Morgan fingerprint density at radius 1 is 1.43 bits per heavy atom. The molecule has 0 aromatic carbocycles. The minimum Gasteiger partial charge on any atom is -0.390 e. The van der Waals surface area contributed by atoms with Gasteiger partial charge >= 0.3 is 6.18 Å². The van der Waals surface area contributed by atoms with Gasteiger partial charge in [0.2, 0.25) is 0 Å². The zero-order chi connectivity index (χ0) is 10.8. The molecular weight excluding hydrogens is 197 g/mol. The van der Waals surface area contributed by atoms with Gasteiger partial charge in [-0.15, -0.1) is 0 Å². The Labute approximate surface area is 80.9 Å². The number of halogens is 3. The van der Waals surface area contributed by atoms with Crippen LogP contribution in [0, 0.1) is 0 Å². The Morgan fingerprint density at radius 2 is 2.07 bits per heavy atom. The van der Waals surface area contributed by atoms with Crippen LogP contribution in [0.25, 0.3) is 0 Å². The molecule has 1 aliphatic rings. The van der Waals surface area contributed by atoms with Crippen molar-refractivity contribution < 1.29 is 18.3 Å². The smallest absolute Gasteiger partial charge is 0.390 e. The summed E-state index contributed by atoms with van der Waals surface area (Å²) in [6.45, 7) is 0.948. The molecule has 14 heavy (non-hydrogen) atoms. The Morgan fingerprint density at radius 3 is 2.50 bits per heavy atom. The van der Waals surface area contributed by atoms with Crippen molar-refractivity contribution in [3.63, 3.8) is 0 Å². The first-order valence-corrected chi connectivity index (χ1v) is 4.56. The molecule has 0 aliphatic carbocycles. The molecule has 0 saturated carbocycles. The highest BCUT2D eigenvalue weighted by Gasteiger charge is 2.32. The lowest BCUT2D eigenvalue weighted by Gasteiger charge is -2.26. The predicted molar refractivity (Wildman–Crippen MR) is 46.0 cm³/mol. The molecule has 84 valence electrons. The lowest BCUT2D eigenvalue weighted by atomic mass is 10.2. The van der Waals surface area contributed by atoms with Crippen LogP contribution in [0.15, 0.2) is 0 Å². The van der Waals surface area contributed by atoms with Crippen molar-refractivity contribution in [1.82, 2.24) is 10.2 Å². The standard InChI is InChI=1S/C8H15F3N2O/c1-13(3-2-8(9,10)11)6-4-12-5-7(6)14/h6-7,12,14H,2-5H2,1H3. The molecule has 0 spiro atoms. The number of nitrogens with one attached hydrogen (secondary N) is 1. The molecular formula is C8H15F3N2O. The Hall–Kier alpha value is -0.330. The van der Waals surface area contributed by atoms with E-state index in [1.54, 1.807) is 11.9 Å². The van der Waals surface area contributed by atoms with Gasteiger partial charge in [0, 0.05) is 25.7 Å². The number of nitrogens with zero attached hydrogens (tertiary/aromatic N) is 1. The van der Waals surface area contributed by atoms with E-state index < -0.39 is 18.7 Å². The Kier molecular flexibility index (Phi) is 3.74. The first-order chi connectivity index (χ1) is 6.40. The van der Waals surface area contributed by atoms with Gasteiger partial charge in [0.25, 0.3) is 0 Å². The van der Waals surface area contributed by atoms with Crippen molar-refractivity contribution in [1.29, 1.82) is 0 Å². The summed E-state index contributed by atoms with van der Waals surface area (Å²) >= 11 is 0. The maximum Gasteiger partial charge on any atom is 0.390 e. The van der Waals surface area contributed by atoms with Gasteiger partial charge in [0.05, 0.1) is 12.5 Å². The van der Waals surface area contributed by atoms with Crippen LogP contribution < -0.4 is 5.32 Å². The fraction of sp³-hybridized carbons (Fsp3) is 1.00. The van der Waals surface area contributed by atoms with Gasteiger partial charge in [-0.05, 0) is 7.05 Å². The molecule has 1 saturated heterocycles. The number of aliphatic hydroxyl groups excluding tert-OH is 1. The van der Waals surface area contributed by atoms with Crippen LogP contribution in [0.4, 0.5) is 13.2 Å². The van der Waals surface area contributed by atoms with Crippen molar-refractivity contribution in [3.8, 4) is 0 Å². The zero-order valence-corrected chi connectivity index (χ0v) is 8.01. The van der Waals surface area contributed by atoms with Crippen molar-refractivity contribution in [2.24, 2.45) is 0 Å². The molecule has 1 fully saturated rings. The number of likely N-dealkylation sites (N-methyl/N-ethyl adjacent to an activating group) is 1. The number of β-amino-alcohol motifs (C(OH)–C–C–N with tert-alkyl or cyclic N) is 1. The van der Waals surface area contributed by atoms with Crippen LogP contribution in [0.5, 0.6) is 0 Å². The lowest BCUT2D eigenvalue weighted by molar-refractivity contribution is -0.139. The quantitative estimate of drug-likeness (QED) is 0.701. The summed E-state index contributed by atoms with van der Waals surface area (Å²) in [4.78, 5) is 1.55. The second-order valence-electron chi connectivity index (χ2n) is 3.64. The summed E-state index contributed by atoms with van der Waals surface area (Å²) in [7, 11) is 1.60. The second kappa shape index (κ2) is 4.46. The van der Waals surface area contributed by atoms with Crippen LogP contribution in [0.2, 0.25) is 0 Å². The highest BCUT2D eigenvalue weighted by molar-refractivity contribution is 4.87. The lowest BCUT2D eigenvalue weighted by Crippen LogP contribution is -2.42. The maximum atomic E-state index is 11.9. The summed E-state index contributed by atoms with van der Waals surface area (Å²) in [6.07, 6.45) is -5.51. The molecule has 0 amide bonds. The van der Waals surface area contributed by atoms with E-state index in [0.29, 0.717) is 13.1 Å². The Bertz CT molecular complexity index is 186. The van der Waals surface area contributed by atoms with E-state index in [1.807, 2.05) is 0 Å². The summed E-state index contributed by atoms with van der Waals surface area (Å²) in [5.41, 5.74) is 0. The van der Waals surface area contributed by atoms with Gasteiger partial charge in [-0.1, -0.05) is 0 Å². The zero-order valence-electron chi connectivity index (χ0n) is 8.01. The van der Waals surface area contributed by atoms with E-state index >= 15 is 0 Å². The molecule has 6 heteroatoms. The topological polar surface area (TPSA) is 35.5 Å². The number of hydrogen-bond donors (Lipinski definition) is 2. The maximum absolute atomic E-state index is 11.9. The third kappa shape index (κ3) is 3.43. The number of hydrogen-bond acceptors (Lipinski definition) is 3. The van der Waals surface area contributed by atoms with E-state index in [4.69, 9.17) is 0 Å². The third-order valence-electron chi connectivity index (χ3n) is 2.47. The molecule has 0 aromatic heterocycles. The van der Waals surface area contributed by atoms with Gasteiger partial charge in [-0.3, -0.25) is 4.90 Å². The second-order valence-corrected chi connectivity index (χ2v) is 3.64. The fourth-order valence-corrected chi connectivity index (χ4v) is 1.57. The van der Waals surface area contributed by atoms with Crippen LogP contribution in [0.1, 0.15) is 6.42 Å². The molecule has 2 atom stereocenters. The minimum atomic E-state index is -4.12. The number of aliphatic hydroxyl groups is 1. The summed E-state index contributed by atoms with van der Waals surface area (Å²) in [6, 6.07) is -0.197. The largest absolute Gasteiger partial charge is 0.390 e. The molecule has 0 radical (unpaired) electrons. The summed E-state index contributed by atoms with van der Waals surface area (Å²) in [5.74, 6) is 0. The van der Waals surface area contributed by atoms with E-state index in [0.717, 1.165) is 0 Å². The molecule has 1 rings (SSSR count). The molecule has 0 bridgehead atoms. The SMILES string of the molecule is CN(CCC(F)(F)F)C1CNCC1O. The Balaban J connectivity index is 2.31. The summed E-state index contributed by atoms with van der Waals surface area (Å²) < 4.78 is 35.7. The van der Waals surface area contributed by atoms with Gasteiger partial charge in [0.1, 0.15) is 0 Å². The number of rotatable bonds is 3. The van der Waals surface area contributed by atoms with Crippen LogP contribution in [0.3, 0.4) is 0 Å². The number of alkyl halides is 3. The first kappa shape index (κ1) is 11.7. The van der Waals surface area contributed by atoms with Gasteiger partial charge in [-0.2, -0.15) is 13.2 Å². The van der Waals surface area contributed by atoms with Crippen molar-refractivity contribution in [3.05, 3.63) is 0 Å². The van der Waals surface area contributed by atoms with Gasteiger partial charge < -0.3 is 10.4 Å². The average Bonchev–Trinajstić information content (AvgIpc) is 2.46. The molecule has 1 aliphatic heterocycles. The molecule has 0 aromatic rings. The van der Waals surface area contributed by atoms with Gasteiger partial charge in [-0.25, -0.2) is 0 Å². The minimum absolute atomic E-state index is 0.0626. The normalized spacial score (nSPS) is 28.7. The van der Waals surface area contributed by atoms with Crippen LogP contribution in [-0.4, -0.2) is 55.0 Å². The highest BCUT2D eigenvalue weighted by atomic mass is 19.4. The highest BCUT2D eigenvalue weighted by Crippen LogP contribution is 2.20. The summed E-state index contributed by atoms with van der Waals surface area (Å²) in [5, 5.41) is 12.3. The van der Waals surface area contributed by atoms with Crippen LogP contribution in [-0.2, 0) is 0 Å². The molecule has 2 unspecified atom stereocenters. The van der Waals surface area contributed by atoms with Crippen molar-refractivity contribution in [2.75, 3.05) is 26.7 Å². The molecule has 1 heterocycles. The first-order valence-electron chi connectivity index (χ1n) is 4.56. The van der Waals surface area contributed by atoms with E-state index in [9.17, 15) is 18.3 Å². The van der Waals surface area contributed by atoms with E-state index in [2.05, 4.69) is 5.32 Å². The molecule has 2 N–H and O–H groups in total. The third-order valence-corrected chi connectivity index (χ3v) is 2.47. The van der Waals surface area contributed by atoms with Crippen molar-refractivity contribution in [2.45, 2.75) is 24.7 Å². The van der Waals surface area contributed by atoms with Crippen molar-refractivity contribution >= 4 is 0 Å². The molecule has 3 nitrogen and oxygen atoms in total. The average molecular weight is 212 g/mol. The van der Waals surface area contributed by atoms with Crippen LogP contribution >= 0.6 is 0 Å². The monoisotopic (exact) mass is 212 g/mol.